The van der Waals surface area contributed by atoms with Gasteiger partial charge in [0.1, 0.15) is 0 Å². The van der Waals surface area contributed by atoms with Gasteiger partial charge in [-0.1, -0.05) is 35.9 Å². The van der Waals surface area contributed by atoms with Gasteiger partial charge < -0.3 is 10.6 Å². The monoisotopic (exact) mass is 274 g/mol. The third kappa shape index (κ3) is 3.48. The number of para-hydroxylation sites is 1. The predicted octanol–water partition coefficient (Wildman–Crippen LogP) is 4.60. The van der Waals surface area contributed by atoms with Crippen LogP contribution in [0.1, 0.15) is 11.1 Å². The Morgan fingerprint density at radius 2 is 1.68 bits per heavy atom. The summed E-state index contributed by atoms with van der Waals surface area (Å²) in [6.45, 7) is 3.93. The number of aryl methyl sites for hydroxylation is 2. The van der Waals surface area contributed by atoms with E-state index in [1.165, 1.54) is 0 Å². The molecule has 0 unspecified atom stereocenters. The maximum Gasteiger partial charge on any atom is 0.323 e. The van der Waals surface area contributed by atoms with Crippen molar-refractivity contribution < 1.29 is 4.79 Å². The maximum absolute atomic E-state index is 11.9. The number of nitrogens with one attached hydrogen (secondary N) is 2. The standard InChI is InChI=1S/C15H15ClN2O/c1-10-7-8-11(2)14(9-10)18-15(19)17-13-6-4-3-5-12(13)16/h3-9H,1-2H3,(H2,17,18,19). The third-order valence-electron chi connectivity index (χ3n) is 2.76. The molecule has 0 atom stereocenters. The lowest BCUT2D eigenvalue weighted by Crippen LogP contribution is -2.20. The van der Waals surface area contributed by atoms with E-state index in [0.717, 1.165) is 16.8 Å². The van der Waals surface area contributed by atoms with E-state index in [4.69, 9.17) is 11.6 Å². The SMILES string of the molecule is Cc1ccc(C)c(NC(=O)Nc2ccccc2Cl)c1. The molecule has 0 saturated heterocycles. The van der Waals surface area contributed by atoms with Gasteiger partial charge in [-0.25, -0.2) is 4.79 Å². The number of hydrogen-bond donors (Lipinski definition) is 2. The van der Waals surface area contributed by atoms with Crippen LogP contribution < -0.4 is 10.6 Å². The average Bonchev–Trinajstić information content (AvgIpc) is 2.37. The largest absolute Gasteiger partial charge is 0.323 e. The highest BCUT2D eigenvalue weighted by Crippen LogP contribution is 2.21. The molecule has 2 aromatic rings. The number of anilines is 2. The van der Waals surface area contributed by atoms with Gasteiger partial charge in [-0.15, -0.1) is 0 Å². The van der Waals surface area contributed by atoms with Crippen molar-refractivity contribution in [2.75, 3.05) is 10.6 Å². The summed E-state index contributed by atoms with van der Waals surface area (Å²) in [6.07, 6.45) is 0. The smallest absolute Gasteiger partial charge is 0.307 e. The number of rotatable bonds is 2. The fourth-order valence-corrected chi connectivity index (χ4v) is 1.89. The molecule has 4 heteroatoms. The lowest BCUT2D eigenvalue weighted by molar-refractivity contribution is 0.262. The topological polar surface area (TPSA) is 41.1 Å². The van der Waals surface area contributed by atoms with E-state index in [0.29, 0.717) is 10.7 Å². The van der Waals surface area contributed by atoms with E-state index in [1.54, 1.807) is 12.1 Å². The summed E-state index contributed by atoms with van der Waals surface area (Å²) in [7, 11) is 0. The van der Waals surface area contributed by atoms with Crippen LogP contribution in [0.4, 0.5) is 16.2 Å². The first-order valence-electron chi connectivity index (χ1n) is 5.96. The van der Waals surface area contributed by atoms with Gasteiger partial charge in [0.2, 0.25) is 0 Å². The van der Waals surface area contributed by atoms with Crippen molar-refractivity contribution >= 4 is 29.0 Å². The second kappa shape index (κ2) is 5.76. The summed E-state index contributed by atoms with van der Waals surface area (Å²) in [5.74, 6) is 0. The van der Waals surface area contributed by atoms with Crippen LogP contribution in [0.15, 0.2) is 42.5 Å². The second-order valence-electron chi connectivity index (χ2n) is 4.38. The fraction of sp³-hybridized carbons (Fsp3) is 0.133. The summed E-state index contributed by atoms with van der Waals surface area (Å²) in [5.41, 5.74) is 3.50. The highest BCUT2D eigenvalue weighted by Gasteiger charge is 2.07. The van der Waals surface area contributed by atoms with Crippen LogP contribution in [0.5, 0.6) is 0 Å². The number of urea groups is 1. The number of carbonyl (C=O) groups is 1. The number of benzene rings is 2. The Labute approximate surface area is 117 Å². The van der Waals surface area contributed by atoms with Gasteiger partial charge in [-0.2, -0.15) is 0 Å². The number of amides is 2. The Morgan fingerprint density at radius 3 is 2.42 bits per heavy atom. The Bertz CT molecular complexity index is 611. The van der Waals surface area contributed by atoms with Crippen molar-refractivity contribution in [3.8, 4) is 0 Å². The Balaban J connectivity index is 2.10. The average molecular weight is 275 g/mol. The fourth-order valence-electron chi connectivity index (χ4n) is 1.71. The molecule has 0 bridgehead atoms. The molecular weight excluding hydrogens is 260 g/mol. The molecule has 0 radical (unpaired) electrons. The quantitative estimate of drug-likeness (QED) is 0.825. The van der Waals surface area contributed by atoms with Crippen molar-refractivity contribution in [3.63, 3.8) is 0 Å². The Kier molecular flexibility index (Phi) is 4.07. The number of carbonyl (C=O) groups excluding carboxylic acids is 1. The number of hydrogen-bond acceptors (Lipinski definition) is 1. The highest BCUT2D eigenvalue weighted by atomic mass is 35.5. The summed E-state index contributed by atoms with van der Waals surface area (Å²) >= 11 is 5.99. The molecule has 0 aliphatic rings. The molecule has 0 aliphatic heterocycles. The number of halogens is 1. The van der Waals surface area contributed by atoms with Gasteiger partial charge >= 0.3 is 6.03 Å². The summed E-state index contributed by atoms with van der Waals surface area (Å²) in [6, 6.07) is 12.7. The van der Waals surface area contributed by atoms with Gasteiger partial charge in [-0.3, -0.25) is 0 Å². The molecule has 0 fully saturated rings. The van der Waals surface area contributed by atoms with Crippen LogP contribution in [-0.2, 0) is 0 Å². The molecule has 0 spiro atoms. The highest BCUT2D eigenvalue weighted by molar-refractivity contribution is 6.33. The van der Waals surface area contributed by atoms with E-state index in [9.17, 15) is 4.79 Å². The predicted molar refractivity (Wildman–Crippen MR) is 80.0 cm³/mol. The second-order valence-corrected chi connectivity index (χ2v) is 4.78. The first-order valence-corrected chi connectivity index (χ1v) is 6.34. The van der Waals surface area contributed by atoms with Crippen molar-refractivity contribution in [2.24, 2.45) is 0 Å². The molecule has 3 nitrogen and oxygen atoms in total. The third-order valence-corrected chi connectivity index (χ3v) is 3.09. The Morgan fingerprint density at radius 1 is 1.00 bits per heavy atom. The van der Waals surface area contributed by atoms with E-state index >= 15 is 0 Å². The lowest BCUT2D eigenvalue weighted by Gasteiger charge is -2.11. The van der Waals surface area contributed by atoms with E-state index in [-0.39, 0.29) is 6.03 Å². The van der Waals surface area contributed by atoms with Crippen LogP contribution in [0.25, 0.3) is 0 Å². The van der Waals surface area contributed by atoms with Crippen LogP contribution in [0.2, 0.25) is 5.02 Å². The zero-order valence-electron chi connectivity index (χ0n) is 10.8. The zero-order chi connectivity index (χ0) is 13.8. The van der Waals surface area contributed by atoms with Gasteiger partial charge in [0, 0.05) is 5.69 Å². The molecule has 0 aromatic heterocycles. The summed E-state index contributed by atoms with van der Waals surface area (Å²) in [4.78, 5) is 11.9. The summed E-state index contributed by atoms with van der Waals surface area (Å²) in [5, 5.41) is 6.05. The van der Waals surface area contributed by atoms with Crippen molar-refractivity contribution in [2.45, 2.75) is 13.8 Å². The van der Waals surface area contributed by atoms with Crippen LogP contribution in [-0.4, -0.2) is 6.03 Å². The molecule has 98 valence electrons. The van der Waals surface area contributed by atoms with Crippen LogP contribution >= 0.6 is 11.6 Å². The summed E-state index contributed by atoms with van der Waals surface area (Å²) < 4.78 is 0. The zero-order valence-corrected chi connectivity index (χ0v) is 11.6. The lowest BCUT2D eigenvalue weighted by atomic mass is 10.1. The van der Waals surface area contributed by atoms with E-state index in [2.05, 4.69) is 10.6 Å². The van der Waals surface area contributed by atoms with Crippen molar-refractivity contribution in [1.82, 2.24) is 0 Å². The van der Waals surface area contributed by atoms with Crippen molar-refractivity contribution in [3.05, 3.63) is 58.6 Å². The molecule has 2 N–H and O–H groups in total. The molecule has 2 amide bonds. The minimum absolute atomic E-state index is 0.304. The minimum Gasteiger partial charge on any atom is -0.307 e. The first-order chi connectivity index (χ1) is 9.06. The van der Waals surface area contributed by atoms with E-state index < -0.39 is 0 Å². The van der Waals surface area contributed by atoms with Crippen LogP contribution in [0.3, 0.4) is 0 Å². The minimum atomic E-state index is -0.304. The first kappa shape index (κ1) is 13.4. The molecule has 2 rings (SSSR count). The molecule has 2 aromatic carbocycles. The maximum atomic E-state index is 11.9. The molecule has 19 heavy (non-hydrogen) atoms. The Hall–Kier alpha value is -2.00. The normalized spacial score (nSPS) is 10.1. The molecule has 0 aliphatic carbocycles. The van der Waals surface area contributed by atoms with Crippen molar-refractivity contribution in [1.29, 1.82) is 0 Å². The van der Waals surface area contributed by atoms with Crippen LogP contribution in [0, 0.1) is 13.8 Å². The molecular formula is C15H15ClN2O. The molecule has 0 saturated carbocycles. The van der Waals surface area contributed by atoms with Gasteiger partial charge in [0.15, 0.2) is 0 Å². The van der Waals surface area contributed by atoms with Gasteiger partial charge in [-0.05, 0) is 43.2 Å². The van der Waals surface area contributed by atoms with Gasteiger partial charge in [0.25, 0.3) is 0 Å². The molecule has 0 heterocycles. The van der Waals surface area contributed by atoms with E-state index in [1.807, 2.05) is 44.2 Å². The van der Waals surface area contributed by atoms with Gasteiger partial charge in [0.05, 0.1) is 10.7 Å².